The Morgan fingerprint density at radius 2 is 2.23 bits per heavy atom. The van der Waals surface area contributed by atoms with Crippen molar-refractivity contribution in [2.45, 2.75) is 12.8 Å². The Kier molecular flexibility index (Phi) is 3.03. The Labute approximate surface area is 79.9 Å². The lowest BCUT2D eigenvalue weighted by molar-refractivity contribution is 0.0367. The lowest BCUT2D eigenvalue weighted by atomic mass is 10.4. The summed E-state index contributed by atoms with van der Waals surface area (Å²) in [4.78, 5) is 3.80. The molecule has 72 valence electrons. The van der Waals surface area contributed by atoms with E-state index in [-0.39, 0.29) is 0 Å². The van der Waals surface area contributed by atoms with Gasteiger partial charge in [-0.2, -0.15) is 0 Å². The zero-order chi connectivity index (χ0) is 9.90. The van der Waals surface area contributed by atoms with Crippen molar-refractivity contribution in [3.8, 4) is 0 Å². The minimum atomic E-state index is -2.73. The molecular formula is C8H9ClF2N2. The fraction of sp³-hybridized carbons (Fsp3) is 0.375. The van der Waals surface area contributed by atoms with E-state index in [0.717, 1.165) is 6.92 Å². The molecule has 0 bridgehead atoms. The van der Waals surface area contributed by atoms with Crippen molar-refractivity contribution in [3.63, 3.8) is 0 Å². The van der Waals surface area contributed by atoms with E-state index in [1.807, 2.05) is 0 Å². The largest absolute Gasteiger partial charge is 0.364 e. The number of rotatable bonds is 3. The quantitative estimate of drug-likeness (QED) is 0.823. The first-order chi connectivity index (χ1) is 5.97. The molecule has 0 aliphatic rings. The van der Waals surface area contributed by atoms with Gasteiger partial charge in [0.05, 0.1) is 11.6 Å². The molecule has 2 nitrogen and oxygen atoms in total. The van der Waals surface area contributed by atoms with Crippen LogP contribution in [-0.2, 0) is 0 Å². The Hall–Kier alpha value is -0.900. The maximum Gasteiger partial charge on any atom is 0.262 e. The molecule has 1 rings (SSSR count). The molecule has 0 amide bonds. The Bertz CT molecular complexity index is 268. The SMILES string of the molecule is CC(F)(F)CNc1ccc(Cl)cn1. The van der Waals surface area contributed by atoms with Crippen LogP contribution in [0.15, 0.2) is 18.3 Å². The van der Waals surface area contributed by atoms with Crippen LogP contribution >= 0.6 is 11.6 Å². The summed E-state index contributed by atoms with van der Waals surface area (Å²) in [5.41, 5.74) is 0. The topological polar surface area (TPSA) is 24.9 Å². The molecule has 0 spiro atoms. The third-order valence-corrected chi connectivity index (χ3v) is 1.53. The van der Waals surface area contributed by atoms with Gasteiger partial charge in [-0.15, -0.1) is 0 Å². The molecule has 0 radical (unpaired) electrons. The predicted molar refractivity (Wildman–Crippen MR) is 48.4 cm³/mol. The van der Waals surface area contributed by atoms with Gasteiger partial charge in [0, 0.05) is 13.1 Å². The zero-order valence-electron chi connectivity index (χ0n) is 7.02. The molecule has 0 saturated carbocycles. The fourth-order valence-electron chi connectivity index (χ4n) is 0.726. The summed E-state index contributed by atoms with van der Waals surface area (Å²) in [7, 11) is 0. The highest BCUT2D eigenvalue weighted by molar-refractivity contribution is 6.30. The second-order valence-corrected chi connectivity index (χ2v) is 3.22. The van der Waals surface area contributed by atoms with Crippen molar-refractivity contribution >= 4 is 17.4 Å². The summed E-state index contributed by atoms with van der Waals surface area (Å²) in [6, 6.07) is 3.14. The van der Waals surface area contributed by atoms with Crippen LogP contribution in [0.2, 0.25) is 5.02 Å². The number of alkyl halides is 2. The first kappa shape index (κ1) is 10.2. The molecule has 0 saturated heterocycles. The van der Waals surface area contributed by atoms with E-state index in [2.05, 4.69) is 10.3 Å². The number of nitrogens with zero attached hydrogens (tertiary/aromatic N) is 1. The number of pyridine rings is 1. The van der Waals surface area contributed by atoms with E-state index < -0.39 is 12.5 Å². The van der Waals surface area contributed by atoms with Crippen LogP contribution in [-0.4, -0.2) is 17.5 Å². The van der Waals surface area contributed by atoms with Crippen molar-refractivity contribution in [2.24, 2.45) is 0 Å². The van der Waals surface area contributed by atoms with Gasteiger partial charge in [0.1, 0.15) is 5.82 Å². The van der Waals surface area contributed by atoms with E-state index in [1.54, 1.807) is 12.1 Å². The lowest BCUT2D eigenvalue weighted by Crippen LogP contribution is -2.23. The lowest BCUT2D eigenvalue weighted by Gasteiger charge is -2.11. The Balaban J connectivity index is 2.51. The van der Waals surface area contributed by atoms with Gasteiger partial charge in [-0.25, -0.2) is 13.8 Å². The molecule has 0 aromatic carbocycles. The van der Waals surface area contributed by atoms with E-state index in [9.17, 15) is 8.78 Å². The summed E-state index contributed by atoms with van der Waals surface area (Å²) < 4.78 is 24.7. The third-order valence-electron chi connectivity index (χ3n) is 1.31. The molecule has 0 unspecified atom stereocenters. The summed E-state index contributed by atoms with van der Waals surface area (Å²) >= 11 is 5.56. The van der Waals surface area contributed by atoms with Crippen molar-refractivity contribution in [1.82, 2.24) is 4.98 Å². The van der Waals surface area contributed by atoms with Gasteiger partial charge in [0.15, 0.2) is 0 Å². The number of aromatic nitrogens is 1. The summed E-state index contributed by atoms with van der Waals surface area (Å²) in [6.45, 7) is 0.414. The maximum absolute atomic E-state index is 12.4. The van der Waals surface area contributed by atoms with Gasteiger partial charge in [-0.1, -0.05) is 11.6 Å². The predicted octanol–water partition coefficient (Wildman–Crippen LogP) is 2.80. The molecule has 13 heavy (non-hydrogen) atoms. The average molecular weight is 207 g/mol. The second kappa shape index (κ2) is 3.87. The van der Waals surface area contributed by atoms with Gasteiger partial charge in [0.2, 0.25) is 0 Å². The number of halogens is 3. The van der Waals surface area contributed by atoms with Crippen LogP contribution in [0.1, 0.15) is 6.92 Å². The molecule has 0 fully saturated rings. The number of anilines is 1. The number of hydrogen-bond donors (Lipinski definition) is 1. The smallest absolute Gasteiger partial charge is 0.262 e. The first-order valence-corrected chi connectivity index (χ1v) is 4.08. The van der Waals surface area contributed by atoms with E-state index in [0.29, 0.717) is 10.8 Å². The van der Waals surface area contributed by atoms with Crippen molar-refractivity contribution in [1.29, 1.82) is 0 Å². The van der Waals surface area contributed by atoms with E-state index >= 15 is 0 Å². The Morgan fingerprint density at radius 1 is 1.54 bits per heavy atom. The summed E-state index contributed by atoms with van der Waals surface area (Å²) in [6.07, 6.45) is 1.40. The van der Waals surface area contributed by atoms with Crippen LogP contribution in [0.25, 0.3) is 0 Å². The first-order valence-electron chi connectivity index (χ1n) is 3.71. The van der Waals surface area contributed by atoms with E-state index in [4.69, 9.17) is 11.6 Å². The highest BCUT2D eigenvalue weighted by atomic mass is 35.5. The summed E-state index contributed by atoms with van der Waals surface area (Å²) in [5.74, 6) is -2.34. The van der Waals surface area contributed by atoms with Crippen LogP contribution in [0.4, 0.5) is 14.6 Å². The normalized spacial score (nSPS) is 11.4. The number of nitrogens with one attached hydrogen (secondary N) is 1. The molecule has 1 aromatic rings. The molecule has 0 atom stereocenters. The van der Waals surface area contributed by atoms with Gasteiger partial charge in [0.25, 0.3) is 5.92 Å². The molecule has 0 aliphatic carbocycles. The zero-order valence-corrected chi connectivity index (χ0v) is 7.78. The van der Waals surface area contributed by atoms with Crippen LogP contribution in [0.3, 0.4) is 0 Å². The highest BCUT2D eigenvalue weighted by Crippen LogP contribution is 2.14. The second-order valence-electron chi connectivity index (χ2n) is 2.79. The van der Waals surface area contributed by atoms with Gasteiger partial charge in [-0.05, 0) is 12.1 Å². The molecule has 1 heterocycles. The van der Waals surface area contributed by atoms with Gasteiger partial charge >= 0.3 is 0 Å². The van der Waals surface area contributed by atoms with E-state index in [1.165, 1.54) is 6.20 Å². The molecule has 1 aromatic heterocycles. The summed E-state index contributed by atoms with van der Waals surface area (Å²) in [5, 5.41) is 2.97. The van der Waals surface area contributed by atoms with Crippen LogP contribution in [0, 0.1) is 0 Å². The fourth-order valence-corrected chi connectivity index (χ4v) is 0.838. The van der Waals surface area contributed by atoms with Crippen molar-refractivity contribution in [2.75, 3.05) is 11.9 Å². The third kappa shape index (κ3) is 4.03. The minimum Gasteiger partial charge on any atom is -0.364 e. The van der Waals surface area contributed by atoms with Gasteiger partial charge in [-0.3, -0.25) is 0 Å². The molecular weight excluding hydrogens is 198 g/mol. The van der Waals surface area contributed by atoms with Crippen molar-refractivity contribution < 1.29 is 8.78 Å². The molecule has 1 N–H and O–H groups in total. The number of hydrogen-bond acceptors (Lipinski definition) is 2. The minimum absolute atomic E-state index is 0.394. The Morgan fingerprint density at radius 3 is 2.69 bits per heavy atom. The van der Waals surface area contributed by atoms with Gasteiger partial charge < -0.3 is 5.32 Å². The van der Waals surface area contributed by atoms with Crippen molar-refractivity contribution in [3.05, 3.63) is 23.4 Å². The van der Waals surface area contributed by atoms with Crippen LogP contribution in [0.5, 0.6) is 0 Å². The highest BCUT2D eigenvalue weighted by Gasteiger charge is 2.20. The molecule has 0 aliphatic heterocycles. The van der Waals surface area contributed by atoms with Crippen LogP contribution < -0.4 is 5.32 Å². The maximum atomic E-state index is 12.4. The monoisotopic (exact) mass is 206 g/mol. The molecule has 5 heteroatoms. The average Bonchev–Trinajstić information content (AvgIpc) is 2.02. The standard InChI is InChI=1S/C8H9ClF2N2/c1-8(10,11)5-13-7-3-2-6(9)4-12-7/h2-4H,5H2,1H3,(H,12,13).